The van der Waals surface area contributed by atoms with Gasteiger partial charge in [0.05, 0.1) is 3.79 Å². The van der Waals surface area contributed by atoms with Crippen LogP contribution in [0.1, 0.15) is 42.7 Å². The predicted molar refractivity (Wildman–Crippen MR) is 70.5 cm³/mol. The Labute approximate surface area is 104 Å². The normalized spacial score (nSPS) is 18.1. The topological polar surface area (TPSA) is 12.0 Å². The number of rotatable bonds is 5. The third-order valence-electron chi connectivity index (χ3n) is 2.94. The van der Waals surface area contributed by atoms with Crippen LogP contribution < -0.4 is 5.32 Å². The molecule has 0 aromatic carbocycles. The van der Waals surface area contributed by atoms with E-state index in [1.807, 2.05) is 11.3 Å². The summed E-state index contributed by atoms with van der Waals surface area (Å²) < 4.78 is 1.29. The summed E-state index contributed by atoms with van der Waals surface area (Å²) in [6.45, 7) is 5.42. The fourth-order valence-electron chi connectivity index (χ4n) is 1.89. The van der Waals surface area contributed by atoms with Gasteiger partial charge in [-0.05, 0) is 53.4 Å². The molecule has 0 amide bonds. The molecule has 0 bridgehead atoms. The van der Waals surface area contributed by atoms with E-state index in [4.69, 9.17) is 0 Å². The van der Waals surface area contributed by atoms with Gasteiger partial charge in [-0.3, -0.25) is 0 Å². The van der Waals surface area contributed by atoms with Crippen LogP contribution in [-0.4, -0.2) is 6.54 Å². The summed E-state index contributed by atoms with van der Waals surface area (Å²) in [5.74, 6) is 0.982. The Morgan fingerprint density at radius 3 is 2.80 bits per heavy atom. The molecule has 1 aromatic rings. The zero-order valence-corrected chi connectivity index (χ0v) is 11.7. The molecule has 0 aliphatic heterocycles. The van der Waals surface area contributed by atoms with Crippen LogP contribution >= 0.6 is 27.3 Å². The Bertz CT molecular complexity index is 311. The van der Waals surface area contributed by atoms with E-state index in [2.05, 4.69) is 41.2 Å². The second-order valence-corrected chi connectivity index (χ2v) is 6.80. The summed E-state index contributed by atoms with van der Waals surface area (Å²) in [6.07, 6.45) is 4.20. The van der Waals surface area contributed by atoms with E-state index < -0.39 is 0 Å². The second-order valence-electron chi connectivity index (χ2n) is 4.39. The SMILES string of the molecule is CCNC(CC1CC1)c1cc(C)c(Br)s1. The van der Waals surface area contributed by atoms with E-state index in [1.165, 1.54) is 33.5 Å². The highest BCUT2D eigenvalue weighted by Gasteiger charge is 2.26. The van der Waals surface area contributed by atoms with Crippen molar-refractivity contribution in [2.24, 2.45) is 5.92 Å². The zero-order chi connectivity index (χ0) is 10.8. The molecule has 2 rings (SSSR count). The molecule has 15 heavy (non-hydrogen) atoms. The van der Waals surface area contributed by atoms with Crippen LogP contribution in [0, 0.1) is 12.8 Å². The second kappa shape index (κ2) is 4.98. The number of hydrogen-bond acceptors (Lipinski definition) is 2. The van der Waals surface area contributed by atoms with Gasteiger partial charge in [-0.2, -0.15) is 0 Å². The summed E-state index contributed by atoms with van der Waals surface area (Å²) in [7, 11) is 0. The summed E-state index contributed by atoms with van der Waals surface area (Å²) in [4.78, 5) is 1.49. The van der Waals surface area contributed by atoms with Gasteiger partial charge >= 0.3 is 0 Å². The first kappa shape index (κ1) is 11.6. The van der Waals surface area contributed by atoms with E-state index >= 15 is 0 Å². The fourth-order valence-corrected chi connectivity index (χ4v) is 3.55. The van der Waals surface area contributed by atoms with E-state index in [9.17, 15) is 0 Å². The quantitative estimate of drug-likeness (QED) is 0.853. The van der Waals surface area contributed by atoms with Crippen LogP contribution in [0.3, 0.4) is 0 Å². The lowest BCUT2D eigenvalue weighted by atomic mass is 10.1. The van der Waals surface area contributed by atoms with Gasteiger partial charge < -0.3 is 5.32 Å². The Morgan fingerprint density at radius 2 is 2.33 bits per heavy atom. The zero-order valence-electron chi connectivity index (χ0n) is 9.35. The van der Waals surface area contributed by atoms with Crippen molar-refractivity contribution in [3.8, 4) is 0 Å². The Kier molecular flexibility index (Phi) is 3.86. The number of hydrogen-bond donors (Lipinski definition) is 1. The molecule has 1 aliphatic rings. The van der Waals surface area contributed by atoms with Crippen molar-refractivity contribution in [2.75, 3.05) is 6.54 Å². The summed E-state index contributed by atoms with van der Waals surface area (Å²) >= 11 is 5.49. The number of thiophene rings is 1. The molecule has 0 spiro atoms. The van der Waals surface area contributed by atoms with E-state index in [-0.39, 0.29) is 0 Å². The Balaban J connectivity index is 2.07. The van der Waals surface area contributed by atoms with Gasteiger partial charge in [0.2, 0.25) is 0 Å². The number of aryl methyl sites for hydroxylation is 1. The molecule has 0 saturated heterocycles. The molecule has 1 fully saturated rings. The maximum Gasteiger partial charge on any atom is 0.0731 e. The largest absolute Gasteiger partial charge is 0.310 e. The van der Waals surface area contributed by atoms with Gasteiger partial charge in [0.1, 0.15) is 0 Å². The number of halogens is 1. The Morgan fingerprint density at radius 1 is 1.60 bits per heavy atom. The highest BCUT2D eigenvalue weighted by atomic mass is 79.9. The average molecular weight is 288 g/mol. The maximum atomic E-state index is 3.61. The Hall–Kier alpha value is 0.140. The van der Waals surface area contributed by atoms with Crippen LogP contribution in [-0.2, 0) is 0 Å². The minimum Gasteiger partial charge on any atom is -0.310 e. The maximum absolute atomic E-state index is 3.61. The van der Waals surface area contributed by atoms with Gasteiger partial charge in [0.25, 0.3) is 0 Å². The van der Waals surface area contributed by atoms with Crippen LogP contribution in [0.4, 0.5) is 0 Å². The molecule has 1 N–H and O–H groups in total. The van der Waals surface area contributed by atoms with Crippen molar-refractivity contribution in [1.29, 1.82) is 0 Å². The third-order valence-corrected chi connectivity index (χ3v) is 5.19. The first-order chi connectivity index (χ1) is 7.20. The first-order valence-corrected chi connectivity index (χ1v) is 7.31. The number of nitrogens with one attached hydrogen (secondary N) is 1. The lowest BCUT2D eigenvalue weighted by molar-refractivity contribution is 0.493. The molecule has 1 aromatic heterocycles. The smallest absolute Gasteiger partial charge is 0.0731 e. The lowest BCUT2D eigenvalue weighted by Crippen LogP contribution is -2.20. The average Bonchev–Trinajstić information content (AvgIpc) is 2.94. The van der Waals surface area contributed by atoms with Crippen molar-refractivity contribution in [1.82, 2.24) is 5.32 Å². The summed E-state index contributed by atoms with van der Waals surface area (Å²) in [6, 6.07) is 2.90. The molecule has 1 atom stereocenters. The molecule has 3 heteroatoms. The van der Waals surface area contributed by atoms with Gasteiger partial charge in [0.15, 0.2) is 0 Å². The highest BCUT2D eigenvalue weighted by Crippen LogP contribution is 2.40. The van der Waals surface area contributed by atoms with Gasteiger partial charge in [-0.1, -0.05) is 19.8 Å². The molecule has 1 heterocycles. The minimum absolute atomic E-state index is 0.581. The van der Waals surface area contributed by atoms with Crippen molar-refractivity contribution in [3.05, 3.63) is 20.3 Å². The molecular weight excluding hydrogens is 270 g/mol. The lowest BCUT2D eigenvalue weighted by Gasteiger charge is -2.15. The van der Waals surface area contributed by atoms with Gasteiger partial charge in [-0.25, -0.2) is 0 Å². The van der Waals surface area contributed by atoms with Crippen molar-refractivity contribution < 1.29 is 0 Å². The van der Waals surface area contributed by atoms with E-state index in [0.29, 0.717) is 6.04 Å². The molecule has 1 aliphatic carbocycles. The van der Waals surface area contributed by atoms with Crippen molar-refractivity contribution >= 4 is 27.3 Å². The van der Waals surface area contributed by atoms with Crippen LogP contribution in [0.5, 0.6) is 0 Å². The minimum atomic E-state index is 0.581. The van der Waals surface area contributed by atoms with Crippen molar-refractivity contribution in [3.63, 3.8) is 0 Å². The van der Waals surface area contributed by atoms with E-state index in [1.54, 1.807) is 0 Å². The third kappa shape index (κ3) is 3.05. The van der Waals surface area contributed by atoms with Crippen LogP contribution in [0.25, 0.3) is 0 Å². The molecule has 0 radical (unpaired) electrons. The van der Waals surface area contributed by atoms with E-state index in [0.717, 1.165) is 12.5 Å². The molecular formula is C12H18BrNS. The monoisotopic (exact) mass is 287 g/mol. The summed E-state index contributed by atoms with van der Waals surface area (Å²) in [5.41, 5.74) is 1.37. The standard InChI is InChI=1S/C12H18BrNS/c1-3-14-10(7-9-4-5-9)11-6-8(2)12(13)15-11/h6,9-10,14H,3-5,7H2,1-2H3. The van der Waals surface area contributed by atoms with Crippen LogP contribution in [0.15, 0.2) is 9.85 Å². The molecule has 1 nitrogen and oxygen atoms in total. The van der Waals surface area contributed by atoms with Crippen molar-refractivity contribution in [2.45, 2.75) is 39.2 Å². The molecule has 84 valence electrons. The summed E-state index contributed by atoms with van der Waals surface area (Å²) in [5, 5.41) is 3.60. The molecule has 1 unspecified atom stereocenters. The van der Waals surface area contributed by atoms with Gasteiger partial charge in [-0.15, -0.1) is 11.3 Å². The van der Waals surface area contributed by atoms with Crippen LogP contribution in [0.2, 0.25) is 0 Å². The molecule has 1 saturated carbocycles. The highest BCUT2D eigenvalue weighted by molar-refractivity contribution is 9.11. The first-order valence-electron chi connectivity index (χ1n) is 5.70. The predicted octanol–water partition coefficient (Wildman–Crippen LogP) is 4.27. The fraction of sp³-hybridized carbons (Fsp3) is 0.667. The van der Waals surface area contributed by atoms with Gasteiger partial charge in [0, 0.05) is 10.9 Å².